The first-order valence-corrected chi connectivity index (χ1v) is 16.1. The van der Waals surface area contributed by atoms with Gasteiger partial charge in [-0.1, -0.05) is 0 Å². The first kappa shape index (κ1) is 37.5. The molecule has 0 spiro atoms. The average molecular weight is 726 g/mol. The highest BCUT2D eigenvalue weighted by atomic mass is 19.4. The highest BCUT2D eigenvalue weighted by Gasteiger charge is 2.46. The Morgan fingerprint density at radius 1 is 0.980 bits per heavy atom. The van der Waals surface area contributed by atoms with Gasteiger partial charge in [0.15, 0.2) is 5.58 Å². The van der Waals surface area contributed by atoms with E-state index < -0.39 is 73.0 Å². The number of furan rings is 1. The number of nitrogens with zero attached hydrogens (tertiary/aromatic N) is 4. The normalized spacial score (nSPS) is 19.6. The minimum absolute atomic E-state index is 0.0124. The van der Waals surface area contributed by atoms with Crippen LogP contribution >= 0.6 is 0 Å². The maximum atomic E-state index is 14.1. The van der Waals surface area contributed by atoms with Crippen molar-refractivity contribution in [3.05, 3.63) is 41.9 Å². The number of pyridine rings is 2. The van der Waals surface area contributed by atoms with Crippen LogP contribution in [0, 0.1) is 5.92 Å². The molecule has 0 bridgehead atoms. The van der Waals surface area contributed by atoms with Gasteiger partial charge in [-0.2, -0.15) is 13.2 Å². The summed E-state index contributed by atoms with van der Waals surface area (Å²) in [6.07, 6.45) is -2.82. The largest absolute Gasteiger partial charge is 0.444 e. The number of halogens is 5. The smallest absolute Gasteiger partial charge is 0.414 e. The predicted octanol–water partition coefficient (Wildman–Crippen LogP) is 6.55. The summed E-state index contributed by atoms with van der Waals surface area (Å²) >= 11 is 0. The van der Waals surface area contributed by atoms with Crippen LogP contribution in [0.4, 0.5) is 48.8 Å². The number of carbonyl (C=O) groups excluding carboxylic acids is 3. The highest BCUT2D eigenvalue weighted by molar-refractivity contribution is 6.16. The summed E-state index contributed by atoms with van der Waals surface area (Å²) in [5.74, 6) is -5.80. The minimum atomic E-state index is -4.60. The molecule has 5 heterocycles. The molecule has 2 aliphatic rings. The van der Waals surface area contributed by atoms with E-state index in [4.69, 9.17) is 13.9 Å². The van der Waals surface area contributed by atoms with Crippen molar-refractivity contribution in [1.82, 2.24) is 20.2 Å². The van der Waals surface area contributed by atoms with Crippen molar-refractivity contribution < 1.29 is 50.2 Å². The van der Waals surface area contributed by atoms with E-state index >= 15 is 0 Å². The van der Waals surface area contributed by atoms with Crippen molar-refractivity contribution in [2.24, 2.45) is 5.92 Å². The molecule has 0 saturated carbocycles. The van der Waals surface area contributed by atoms with Gasteiger partial charge in [-0.3, -0.25) is 25.0 Å². The quantitative estimate of drug-likeness (QED) is 0.229. The third kappa shape index (κ3) is 9.74. The molecule has 2 saturated heterocycles. The number of carbonyl (C=O) groups is 3. The summed E-state index contributed by atoms with van der Waals surface area (Å²) in [7, 11) is 0. The van der Waals surface area contributed by atoms with Gasteiger partial charge in [0.05, 0.1) is 42.6 Å². The van der Waals surface area contributed by atoms with Crippen LogP contribution in [-0.4, -0.2) is 88.5 Å². The van der Waals surface area contributed by atoms with Crippen molar-refractivity contribution >= 4 is 46.5 Å². The second-order valence-corrected chi connectivity index (χ2v) is 14.7. The zero-order chi connectivity index (χ0) is 37.5. The Morgan fingerprint density at radius 3 is 2.27 bits per heavy atom. The number of hydrogen-bond donors (Lipinski definition) is 3. The summed E-state index contributed by atoms with van der Waals surface area (Å²) in [5.41, 5.74) is -1.23. The van der Waals surface area contributed by atoms with Gasteiger partial charge in [0.1, 0.15) is 22.3 Å². The van der Waals surface area contributed by atoms with Crippen LogP contribution in [0.15, 0.2) is 35.1 Å². The van der Waals surface area contributed by atoms with Gasteiger partial charge in [0.2, 0.25) is 5.88 Å². The van der Waals surface area contributed by atoms with Crippen LogP contribution in [0.3, 0.4) is 0 Å². The molecule has 278 valence electrons. The van der Waals surface area contributed by atoms with Crippen LogP contribution < -0.4 is 20.9 Å². The van der Waals surface area contributed by atoms with Crippen molar-refractivity contribution in [3.63, 3.8) is 0 Å². The van der Waals surface area contributed by atoms with Gasteiger partial charge in [-0.05, 0) is 65.7 Å². The van der Waals surface area contributed by atoms with E-state index in [1.54, 1.807) is 41.5 Å². The fourth-order valence-electron chi connectivity index (χ4n) is 5.83. The van der Waals surface area contributed by atoms with Crippen LogP contribution in [-0.2, 0) is 16.0 Å². The van der Waals surface area contributed by atoms with Gasteiger partial charge in [-0.15, -0.1) is 0 Å². The van der Waals surface area contributed by atoms with Crippen LogP contribution in [0.5, 0.6) is 0 Å². The molecule has 51 heavy (non-hydrogen) atoms. The molecule has 3 aromatic rings. The first-order chi connectivity index (χ1) is 23.5. The van der Waals surface area contributed by atoms with E-state index in [-0.39, 0.29) is 53.4 Å². The number of rotatable bonds is 7. The molecular weight excluding hydrogens is 685 g/mol. The van der Waals surface area contributed by atoms with E-state index in [0.29, 0.717) is 5.56 Å². The molecular formula is C33H40F5N7O6. The number of anilines is 3. The Balaban J connectivity index is 1.44. The van der Waals surface area contributed by atoms with Crippen molar-refractivity contribution in [1.29, 1.82) is 0 Å². The van der Waals surface area contributed by atoms with Gasteiger partial charge < -0.3 is 29.4 Å². The van der Waals surface area contributed by atoms with Crippen molar-refractivity contribution in [3.8, 4) is 0 Å². The molecule has 5 rings (SSSR count). The van der Waals surface area contributed by atoms with E-state index in [9.17, 15) is 36.3 Å². The molecule has 3 aromatic heterocycles. The Bertz CT molecular complexity index is 1780. The van der Waals surface area contributed by atoms with Crippen LogP contribution in [0.1, 0.15) is 63.9 Å². The monoisotopic (exact) mass is 725 g/mol. The highest BCUT2D eigenvalue weighted by Crippen LogP contribution is 2.38. The molecule has 2 atom stereocenters. The maximum absolute atomic E-state index is 14.1. The molecule has 3 N–H and O–H groups in total. The van der Waals surface area contributed by atoms with Gasteiger partial charge in [0, 0.05) is 32.0 Å². The second kappa shape index (κ2) is 13.8. The minimum Gasteiger partial charge on any atom is -0.444 e. The molecule has 2 aliphatic heterocycles. The zero-order valence-corrected chi connectivity index (χ0v) is 28.9. The molecule has 0 aromatic carbocycles. The SMILES string of the molecule is CC(C)(C)OC(=O)Nc1oc2cc(CN3CC(F)(F)C3)cnc2c1C(=O)Nc1cnccc1N1C[C@@H](NC(=O)OC(C)(C)C)C[C@@H](C(F)(F)F)C1. The Kier molecular flexibility index (Phi) is 10.1. The molecule has 0 unspecified atom stereocenters. The number of amides is 3. The summed E-state index contributed by atoms with van der Waals surface area (Å²) < 4.78 is 85.6. The number of fused-ring (bicyclic) bond motifs is 1. The van der Waals surface area contributed by atoms with Gasteiger partial charge in [0.25, 0.3) is 11.8 Å². The number of alkyl halides is 5. The number of hydrogen-bond acceptors (Lipinski definition) is 10. The average Bonchev–Trinajstić information content (AvgIpc) is 3.30. The molecule has 3 amide bonds. The summed E-state index contributed by atoms with van der Waals surface area (Å²) in [6, 6.07) is 1.98. The molecule has 2 fully saturated rings. The number of alkyl carbamates (subject to hydrolysis) is 1. The third-order valence-corrected chi connectivity index (χ3v) is 7.76. The Labute approximate surface area is 290 Å². The molecule has 0 aliphatic carbocycles. The lowest BCUT2D eigenvalue weighted by Gasteiger charge is -2.40. The maximum Gasteiger partial charge on any atom is 0.414 e. The van der Waals surface area contributed by atoms with Crippen LogP contribution in [0.25, 0.3) is 11.1 Å². The van der Waals surface area contributed by atoms with Crippen molar-refractivity contribution in [2.75, 3.05) is 41.7 Å². The number of likely N-dealkylation sites (tertiary alicyclic amines) is 1. The second-order valence-electron chi connectivity index (χ2n) is 14.7. The van der Waals surface area contributed by atoms with Crippen LogP contribution in [0.2, 0.25) is 0 Å². The molecule has 18 heteroatoms. The number of aromatic nitrogens is 2. The lowest BCUT2D eigenvalue weighted by atomic mass is 9.93. The van der Waals surface area contributed by atoms with Gasteiger partial charge >= 0.3 is 18.4 Å². The number of piperidine rings is 1. The fourth-order valence-corrected chi connectivity index (χ4v) is 5.83. The summed E-state index contributed by atoms with van der Waals surface area (Å²) in [5, 5.41) is 7.60. The lowest BCUT2D eigenvalue weighted by Crippen LogP contribution is -2.55. The fraction of sp³-hybridized carbons (Fsp3) is 0.545. The zero-order valence-electron chi connectivity index (χ0n) is 28.9. The Morgan fingerprint density at radius 2 is 1.65 bits per heavy atom. The number of nitrogens with one attached hydrogen (secondary N) is 3. The summed E-state index contributed by atoms with van der Waals surface area (Å²) in [4.78, 5) is 50.5. The van der Waals surface area contributed by atoms with E-state index in [1.807, 2.05) is 0 Å². The predicted molar refractivity (Wildman–Crippen MR) is 176 cm³/mol. The van der Waals surface area contributed by atoms with E-state index in [0.717, 1.165) is 0 Å². The summed E-state index contributed by atoms with van der Waals surface area (Å²) in [6.45, 7) is 8.56. The topological polar surface area (TPSA) is 151 Å². The van der Waals surface area contributed by atoms with Crippen molar-refractivity contribution in [2.45, 2.75) is 83.9 Å². The first-order valence-electron chi connectivity index (χ1n) is 16.1. The van der Waals surface area contributed by atoms with E-state index in [2.05, 4.69) is 25.9 Å². The van der Waals surface area contributed by atoms with E-state index in [1.165, 1.54) is 40.5 Å². The third-order valence-electron chi connectivity index (χ3n) is 7.76. The molecule has 0 radical (unpaired) electrons. The number of ether oxygens (including phenoxy) is 2. The Hall–Kier alpha value is -4.74. The standard InChI is InChI=1S/C33H40F5N7O6/c1-30(2,3)50-28(47)41-20-10-19(33(36,37)38)14-45(15-20)22-7-8-39-12-21(22)42-26(46)24-25-23(49-27(24)43-29(48)51-31(4,5)6)9-18(11-40-25)13-44-16-32(34,35)17-44/h7-9,11-12,19-20H,10,13-17H2,1-6H3,(H,41,47)(H,42,46)(H,43,48)/t19-,20+/m1/s1. The molecule has 13 nitrogen and oxygen atoms in total. The van der Waals surface area contributed by atoms with Gasteiger partial charge in [-0.25, -0.2) is 18.4 Å². The lowest BCUT2D eigenvalue weighted by molar-refractivity contribution is -0.177.